The van der Waals surface area contributed by atoms with Gasteiger partial charge in [0, 0.05) is 20.0 Å². The van der Waals surface area contributed by atoms with Crippen LogP contribution in [0.5, 0.6) is 0 Å². The third kappa shape index (κ3) is 2.24. The molecule has 2 aromatic carbocycles. The number of pyridine rings is 1. The lowest BCUT2D eigenvalue weighted by Crippen LogP contribution is -1.96. The molecule has 0 N–H and O–H groups in total. The first-order chi connectivity index (χ1) is 10.2. The number of para-hydroxylation sites is 1. The zero-order chi connectivity index (χ0) is 14.4. The average molecular weight is 496 g/mol. The number of rotatable bonds is 1. The van der Waals surface area contributed by atoms with Crippen LogP contribution in [0, 0.1) is 7.27 Å². The molecule has 0 aliphatic rings. The van der Waals surface area contributed by atoms with Crippen molar-refractivity contribution in [2.45, 2.75) is 0 Å². The molecule has 0 aliphatic carbocycles. The van der Waals surface area contributed by atoms with Crippen molar-refractivity contribution in [1.29, 1.82) is 0 Å². The van der Waals surface area contributed by atoms with Gasteiger partial charge in [-0.3, -0.25) is 4.57 Å². The van der Waals surface area contributed by atoms with Crippen molar-refractivity contribution >= 4 is 67.1 Å². The van der Waals surface area contributed by atoms with Crippen molar-refractivity contribution < 1.29 is 0 Å². The number of halogens is 2. The van der Waals surface area contributed by atoms with E-state index in [0.29, 0.717) is 0 Å². The number of hydrogen-bond donors (Lipinski definition) is 0. The van der Waals surface area contributed by atoms with Gasteiger partial charge in [-0.05, 0) is 81.6 Å². The highest BCUT2D eigenvalue weighted by Gasteiger charge is 2.13. The van der Waals surface area contributed by atoms with Gasteiger partial charge in [-0.25, -0.2) is 4.98 Å². The van der Waals surface area contributed by atoms with Crippen LogP contribution >= 0.6 is 45.2 Å². The van der Waals surface area contributed by atoms with Gasteiger partial charge in [0.15, 0.2) is 0 Å². The van der Waals surface area contributed by atoms with Gasteiger partial charge >= 0.3 is 0 Å². The molecule has 4 aromatic rings. The molecule has 0 aliphatic heterocycles. The van der Waals surface area contributed by atoms with E-state index >= 15 is 0 Å². The molecule has 102 valence electrons. The Hall–Kier alpha value is -1.15. The molecule has 2 aromatic heterocycles. The Balaban J connectivity index is 2.21. The molecule has 0 atom stereocenters. The fraction of sp³-hybridized carbons (Fsp3) is 0. The Morgan fingerprint density at radius 2 is 1.67 bits per heavy atom. The quantitative estimate of drug-likeness (QED) is 0.256. The zero-order valence-corrected chi connectivity index (χ0v) is 15.2. The molecule has 0 bridgehead atoms. The second-order valence-corrected chi connectivity index (χ2v) is 7.19. The van der Waals surface area contributed by atoms with E-state index in [1.807, 2.05) is 0 Å². The van der Waals surface area contributed by atoms with Crippen molar-refractivity contribution in [2.75, 3.05) is 0 Å². The smallest absolute Gasteiger partial charge is 0.146 e. The highest BCUT2D eigenvalue weighted by molar-refractivity contribution is 14.1. The summed E-state index contributed by atoms with van der Waals surface area (Å²) in [6.45, 7) is 0. The fourth-order valence-electron chi connectivity index (χ4n) is 2.69. The maximum absolute atomic E-state index is 4.77. The van der Waals surface area contributed by atoms with Crippen LogP contribution in [0.25, 0.3) is 27.6 Å². The summed E-state index contributed by atoms with van der Waals surface area (Å²) in [5.74, 6) is 0. The molecule has 0 radical (unpaired) electrons. The first-order valence-electron chi connectivity index (χ1n) is 6.56. The molecular formula is C17H10I2N2. The van der Waals surface area contributed by atoms with E-state index in [1.165, 1.54) is 19.9 Å². The summed E-state index contributed by atoms with van der Waals surface area (Å²) in [7, 11) is 0. The normalized spacial score (nSPS) is 11.3. The Kier molecular flexibility index (Phi) is 3.37. The van der Waals surface area contributed by atoms with Gasteiger partial charge in [-0.1, -0.05) is 24.3 Å². The maximum Gasteiger partial charge on any atom is 0.146 e. The van der Waals surface area contributed by atoms with Crippen molar-refractivity contribution in [3.05, 3.63) is 67.9 Å². The van der Waals surface area contributed by atoms with E-state index in [4.69, 9.17) is 4.98 Å². The molecular weight excluding hydrogens is 486 g/mol. The molecule has 0 saturated carbocycles. The zero-order valence-electron chi connectivity index (χ0n) is 10.9. The summed E-state index contributed by atoms with van der Waals surface area (Å²) >= 11 is 4.62. The molecule has 0 saturated heterocycles. The summed E-state index contributed by atoms with van der Waals surface area (Å²) in [5.41, 5.74) is 3.37. The number of benzene rings is 2. The number of aromatic nitrogens is 2. The van der Waals surface area contributed by atoms with E-state index in [-0.39, 0.29) is 0 Å². The SMILES string of the molecule is Ic1cccc(-n2c3ccccc3c3ccc(I)nc32)c1. The number of fused-ring (bicyclic) bond motifs is 3. The van der Waals surface area contributed by atoms with Crippen molar-refractivity contribution in [3.8, 4) is 5.69 Å². The second-order valence-electron chi connectivity index (χ2n) is 4.84. The average Bonchev–Trinajstić information content (AvgIpc) is 2.80. The van der Waals surface area contributed by atoms with Gasteiger partial charge in [-0.15, -0.1) is 0 Å². The van der Waals surface area contributed by atoms with Crippen LogP contribution in [0.15, 0.2) is 60.7 Å². The van der Waals surface area contributed by atoms with Crippen molar-refractivity contribution in [2.24, 2.45) is 0 Å². The van der Waals surface area contributed by atoms with E-state index in [2.05, 4.69) is 110 Å². The van der Waals surface area contributed by atoms with Crippen LogP contribution in [0.3, 0.4) is 0 Å². The fourth-order valence-corrected chi connectivity index (χ4v) is 3.63. The summed E-state index contributed by atoms with van der Waals surface area (Å²) in [4.78, 5) is 4.77. The standard InChI is InChI=1S/C17H10I2N2/c18-11-4-3-5-12(10-11)21-15-7-2-1-6-13(15)14-8-9-16(19)20-17(14)21/h1-10H. The topological polar surface area (TPSA) is 17.8 Å². The summed E-state index contributed by atoms with van der Waals surface area (Å²) < 4.78 is 4.48. The molecule has 4 rings (SSSR count). The van der Waals surface area contributed by atoms with Gasteiger partial charge in [0.2, 0.25) is 0 Å². The van der Waals surface area contributed by atoms with Gasteiger partial charge in [0.05, 0.1) is 5.52 Å². The first-order valence-corrected chi connectivity index (χ1v) is 8.71. The molecule has 0 spiro atoms. The minimum Gasteiger partial charge on any atom is -0.294 e. The Bertz CT molecular complexity index is 973. The lowest BCUT2D eigenvalue weighted by atomic mass is 10.2. The molecule has 2 heterocycles. The summed E-state index contributed by atoms with van der Waals surface area (Å²) in [6, 6.07) is 21.2. The lowest BCUT2D eigenvalue weighted by molar-refractivity contribution is 1.12. The highest BCUT2D eigenvalue weighted by Crippen LogP contribution is 2.31. The minimum atomic E-state index is 1.01. The molecule has 2 nitrogen and oxygen atoms in total. The molecule has 0 amide bonds. The minimum absolute atomic E-state index is 1.01. The highest BCUT2D eigenvalue weighted by atomic mass is 127. The van der Waals surface area contributed by atoms with Gasteiger partial charge in [-0.2, -0.15) is 0 Å². The first kappa shape index (κ1) is 13.5. The predicted octanol–water partition coefficient (Wildman–Crippen LogP) is 5.39. The molecule has 21 heavy (non-hydrogen) atoms. The molecule has 0 fully saturated rings. The second kappa shape index (κ2) is 5.24. The predicted molar refractivity (Wildman–Crippen MR) is 104 cm³/mol. The Morgan fingerprint density at radius 1 is 0.810 bits per heavy atom. The monoisotopic (exact) mass is 496 g/mol. The van der Waals surface area contributed by atoms with Gasteiger partial charge < -0.3 is 0 Å². The van der Waals surface area contributed by atoms with Gasteiger partial charge in [0.1, 0.15) is 9.35 Å². The van der Waals surface area contributed by atoms with E-state index in [9.17, 15) is 0 Å². The maximum atomic E-state index is 4.77. The summed E-state index contributed by atoms with van der Waals surface area (Å²) in [5, 5.41) is 2.44. The van der Waals surface area contributed by atoms with Crippen LogP contribution in [-0.4, -0.2) is 9.55 Å². The Labute approximate surface area is 149 Å². The summed E-state index contributed by atoms with van der Waals surface area (Å²) in [6.07, 6.45) is 0. The third-order valence-corrected chi connectivity index (χ3v) is 4.83. The Morgan fingerprint density at radius 3 is 2.52 bits per heavy atom. The lowest BCUT2D eigenvalue weighted by Gasteiger charge is -2.07. The third-order valence-electron chi connectivity index (χ3n) is 3.55. The number of nitrogens with zero attached hydrogens (tertiary/aromatic N) is 2. The van der Waals surface area contributed by atoms with Crippen LogP contribution in [0.2, 0.25) is 0 Å². The molecule has 4 heteroatoms. The van der Waals surface area contributed by atoms with E-state index in [1.54, 1.807) is 0 Å². The van der Waals surface area contributed by atoms with Crippen LogP contribution in [0.1, 0.15) is 0 Å². The largest absolute Gasteiger partial charge is 0.294 e. The van der Waals surface area contributed by atoms with Crippen molar-refractivity contribution in [1.82, 2.24) is 9.55 Å². The van der Waals surface area contributed by atoms with Crippen molar-refractivity contribution in [3.63, 3.8) is 0 Å². The molecule has 0 unspecified atom stereocenters. The van der Waals surface area contributed by atoms with E-state index < -0.39 is 0 Å². The van der Waals surface area contributed by atoms with Crippen LogP contribution in [-0.2, 0) is 0 Å². The van der Waals surface area contributed by atoms with Gasteiger partial charge in [0.25, 0.3) is 0 Å². The number of hydrogen-bond acceptors (Lipinski definition) is 1. The van der Waals surface area contributed by atoms with E-state index in [0.717, 1.165) is 15.0 Å². The van der Waals surface area contributed by atoms with Crippen LogP contribution < -0.4 is 0 Å². The van der Waals surface area contributed by atoms with Crippen LogP contribution in [0.4, 0.5) is 0 Å².